The summed E-state index contributed by atoms with van der Waals surface area (Å²) in [6.07, 6.45) is 5.31. The zero-order chi connectivity index (χ0) is 13.0. The number of hydrogen-bond donors (Lipinski definition) is 1. The third-order valence-electron chi connectivity index (χ3n) is 3.80. The van der Waals surface area contributed by atoms with Crippen LogP contribution in [0.1, 0.15) is 38.4 Å². The van der Waals surface area contributed by atoms with Crippen LogP contribution in [0.5, 0.6) is 0 Å². The number of carbonyl (C=O) groups is 1. The van der Waals surface area contributed by atoms with E-state index in [-0.39, 0.29) is 5.97 Å². The number of aromatic nitrogens is 1. The van der Waals surface area contributed by atoms with Crippen LogP contribution in [0, 0.1) is 5.92 Å². The van der Waals surface area contributed by atoms with Crippen LogP contribution in [0.15, 0.2) is 16.8 Å². The predicted octanol–water partition coefficient (Wildman–Crippen LogP) is 1.89. The number of methoxy groups -OCH3 is 1. The minimum atomic E-state index is -0.561. The average Bonchev–Trinajstić information content (AvgIpc) is 2.91. The van der Waals surface area contributed by atoms with Gasteiger partial charge in [0.25, 0.3) is 0 Å². The quantitative estimate of drug-likeness (QED) is 0.829. The molecule has 0 atom stereocenters. The van der Waals surface area contributed by atoms with Gasteiger partial charge in [-0.3, -0.25) is 10.1 Å². The van der Waals surface area contributed by atoms with Crippen molar-refractivity contribution in [3.05, 3.63) is 18.0 Å². The molecule has 1 aliphatic carbocycles. The van der Waals surface area contributed by atoms with E-state index >= 15 is 0 Å². The summed E-state index contributed by atoms with van der Waals surface area (Å²) >= 11 is 0. The minimum absolute atomic E-state index is 0.172. The van der Waals surface area contributed by atoms with Crippen molar-refractivity contribution >= 4 is 5.97 Å². The van der Waals surface area contributed by atoms with Crippen LogP contribution in [-0.2, 0) is 16.1 Å². The van der Waals surface area contributed by atoms with Gasteiger partial charge in [0.15, 0.2) is 0 Å². The molecule has 2 rings (SSSR count). The molecule has 0 saturated heterocycles. The number of esters is 1. The number of ether oxygens (including phenoxy) is 1. The Morgan fingerprint density at radius 3 is 2.89 bits per heavy atom. The van der Waals surface area contributed by atoms with Gasteiger partial charge in [0, 0.05) is 6.07 Å². The molecule has 1 fully saturated rings. The maximum Gasteiger partial charge on any atom is 0.326 e. The Bertz CT molecular complexity index is 381. The summed E-state index contributed by atoms with van der Waals surface area (Å²) in [5.41, 5.74) is -0.561. The number of nitrogens with one attached hydrogen (secondary N) is 1. The van der Waals surface area contributed by atoms with Crippen LogP contribution >= 0.6 is 0 Å². The van der Waals surface area contributed by atoms with Crippen LogP contribution < -0.4 is 5.32 Å². The Labute approximate surface area is 107 Å². The van der Waals surface area contributed by atoms with E-state index in [4.69, 9.17) is 9.26 Å². The molecule has 1 heterocycles. The highest BCUT2D eigenvalue weighted by atomic mass is 16.5. The lowest BCUT2D eigenvalue weighted by molar-refractivity contribution is -0.150. The van der Waals surface area contributed by atoms with Gasteiger partial charge in [0.05, 0.1) is 19.9 Å². The monoisotopic (exact) mass is 252 g/mol. The van der Waals surface area contributed by atoms with E-state index in [1.807, 2.05) is 0 Å². The van der Waals surface area contributed by atoms with Crippen LogP contribution in [0.3, 0.4) is 0 Å². The fraction of sp³-hybridized carbons (Fsp3) is 0.692. The molecule has 100 valence electrons. The van der Waals surface area contributed by atoms with Gasteiger partial charge in [0.1, 0.15) is 11.3 Å². The van der Waals surface area contributed by atoms with E-state index in [0.717, 1.165) is 31.4 Å². The fourth-order valence-electron chi connectivity index (χ4n) is 2.49. The van der Waals surface area contributed by atoms with E-state index in [2.05, 4.69) is 17.4 Å². The average molecular weight is 252 g/mol. The normalized spacial score (nSPS) is 28.0. The lowest BCUT2D eigenvalue weighted by atomic mass is 9.77. The van der Waals surface area contributed by atoms with E-state index in [1.54, 1.807) is 12.3 Å². The second kappa shape index (κ2) is 5.52. The second-order valence-electron chi connectivity index (χ2n) is 5.09. The molecule has 1 N–H and O–H groups in total. The lowest BCUT2D eigenvalue weighted by Gasteiger charge is -2.37. The van der Waals surface area contributed by atoms with Crippen LogP contribution in [-0.4, -0.2) is 23.8 Å². The highest BCUT2D eigenvalue weighted by molar-refractivity contribution is 5.80. The SMILES string of the molecule is COC(=O)C1(NCc2ccno2)CCC(C)CC1. The van der Waals surface area contributed by atoms with Crippen molar-refractivity contribution in [1.82, 2.24) is 10.5 Å². The molecular formula is C13H20N2O3. The summed E-state index contributed by atoms with van der Waals surface area (Å²) in [7, 11) is 1.44. The van der Waals surface area contributed by atoms with Crippen molar-refractivity contribution in [1.29, 1.82) is 0 Å². The molecule has 1 aromatic rings. The summed E-state index contributed by atoms with van der Waals surface area (Å²) in [5.74, 6) is 1.24. The Hall–Kier alpha value is -1.36. The molecule has 0 spiro atoms. The van der Waals surface area contributed by atoms with Crippen molar-refractivity contribution in [3.8, 4) is 0 Å². The third-order valence-corrected chi connectivity index (χ3v) is 3.80. The minimum Gasteiger partial charge on any atom is -0.468 e. The van der Waals surface area contributed by atoms with Gasteiger partial charge in [-0.15, -0.1) is 0 Å². The van der Waals surface area contributed by atoms with Gasteiger partial charge in [0.2, 0.25) is 0 Å². The highest BCUT2D eigenvalue weighted by Crippen LogP contribution is 2.33. The van der Waals surface area contributed by atoms with Gasteiger partial charge in [-0.1, -0.05) is 12.1 Å². The van der Waals surface area contributed by atoms with Gasteiger partial charge >= 0.3 is 5.97 Å². The van der Waals surface area contributed by atoms with Crippen molar-refractivity contribution in [3.63, 3.8) is 0 Å². The molecule has 0 amide bonds. The zero-order valence-corrected chi connectivity index (χ0v) is 10.9. The van der Waals surface area contributed by atoms with E-state index in [9.17, 15) is 4.79 Å². The van der Waals surface area contributed by atoms with Crippen LogP contribution in [0.25, 0.3) is 0 Å². The Balaban J connectivity index is 2.03. The van der Waals surface area contributed by atoms with Gasteiger partial charge in [-0.05, 0) is 31.6 Å². The predicted molar refractivity (Wildman–Crippen MR) is 65.7 cm³/mol. The lowest BCUT2D eigenvalue weighted by Crippen LogP contribution is -2.54. The number of carbonyl (C=O) groups excluding carboxylic acids is 1. The van der Waals surface area contributed by atoms with Gasteiger partial charge in [-0.2, -0.15) is 0 Å². The van der Waals surface area contributed by atoms with Crippen molar-refractivity contribution in [2.24, 2.45) is 5.92 Å². The Morgan fingerprint density at radius 2 is 2.33 bits per heavy atom. The second-order valence-corrected chi connectivity index (χ2v) is 5.09. The maximum absolute atomic E-state index is 12.0. The summed E-state index contributed by atoms with van der Waals surface area (Å²) in [4.78, 5) is 12.0. The summed E-state index contributed by atoms with van der Waals surface area (Å²) in [6, 6.07) is 1.80. The largest absolute Gasteiger partial charge is 0.468 e. The van der Waals surface area contributed by atoms with E-state index < -0.39 is 5.54 Å². The fourth-order valence-corrected chi connectivity index (χ4v) is 2.49. The molecule has 5 heteroatoms. The first-order chi connectivity index (χ1) is 8.66. The van der Waals surface area contributed by atoms with Gasteiger partial charge < -0.3 is 9.26 Å². The number of hydrogen-bond acceptors (Lipinski definition) is 5. The summed E-state index contributed by atoms with van der Waals surface area (Å²) in [5, 5.41) is 6.96. The third kappa shape index (κ3) is 2.72. The van der Waals surface area contributed by atoms with Gasteiger partial charge in [-0.25, -0.2) is 0 Å². The molecule has 0 bridgehead atoms. The summed E-state index contributed by atoms with van der Waals surface area (Å²) < 4.78 is 9.99. The highest BCUT2D eigenvalue weighted by Gasteiger charge is 2.41. The Morgan fingerprint density at radius 1 is 1.61 bits per heavy atom. The molecule has 0 aromatic carbocycles. The molecular weight excluding hydrogens is 232 g/mol. The smallest absolute Gasteiger partial charge is 0.326 e. The number of rotatable bonds is 4. The molecule has 18 heavy (non-hydrogen) atoms. The molecule has 1 aromatic heterocycles. The standard InChI is InChI=1S/C13H20N2O3/c1-10-3-6-13(7-4-10,12(16)17-2)14-9-11-5-8-15-18-11/h5,8,10,14H,3-4,6-7,9H2,1-2H3. The molecule has 1 aliphatic rings. The summed E-state index contributed by atoms with van der Waals surface area (Å²) in [6.45, 7) is 2.72. The molecule has 5 nitrogen and oxygen atoms in total. The van der Waals surface area contributed by atoms with E-state index in [0.29, 0.717) is 12.5 Å². The van der Waals surface area contributed by atoms with Crippen molar-refractivity contribution < 1.29 is 14.1 Å². The topological polar surface area (TPSA) is 64.4 Å². The van der Waals surface area contributed by atoms with E-state index in [1.165, 1.54) is 7.11 Å². The van der Waals surface area contributed by atoms with Crippen LogP contribution in [0.4, 0.5) is 0 Å². The van der Waals surface area contributed by atoms with Crippen LogP contribution in [0.2, 0.25) is 0 Å². The first-order valence-electron chi connectivity index (χ1n) is 6.39. The molecule has 0 unspecified atom stereocenters. The van der Waals surface area contributed by atoms with Crippen molar-refractivity contribution in [2.75, 3.05) is 7.11 Å². The number of nitrogens with zero attached hydrogens (tertiary/aromatic N) is 1. The Kier molecular flexibility index (Phi) is 4.01. The first-order valence-corrected chi connectivity index (χ1v) is 6.39. The first kappa shape index (κ1) is 13.1. The van der Waals surface area contributed by atoms with Crippen molar-refractivity contribution in [2.45, 2.75) is 44.7 Å². The zero-order valence-electron chi connectivity index (χ0n) is 10.9. The maximum atomic E-state index is 12.0. The molecule has 0 aliphatic heterocycles. The molecule has 0 radical (unpaired) electrons. The molecule has 1 saturated carbocycles.